The van der Waals surface area contributed by atoms with Gasteiger partial charge in [-0.25, -0.2) is 16.8 Å². The Balaban J connectivity index is 2.03. The largest absolute Gasteiger partial charge is 0.496 e. The number of para-hydroxylation sites is 1. The van der Waals surface area contributed by atoms with Crippen LogP contribution in [0.15, 0.2) is 24.3 Å². The van der Waals surface area contributed by atoms with Gasteiger partial charge in [0.25, 0.3) is 0 Å². The summed E-state index contributed by atoms with van der Waals surface area (Å²) in [5.74, 6) is -0.197. The predicted molar refractivity (Wildman–Crippen MR) is 93.4 cm³/mol. The lowest BCUT2D eigenvalue weighted by molar-refractivity contribution is -0.121. The van der Waals surface area contributed by atoms with Crippen molar-refractivity contribution < 1.29 is 26.4 Å². The zero-order valence-electron chi connectivity index (χ0n) is 14.1. The lowest BCUT2D eigenvalue weighted by Gasteiger charge is -2.25. The first-order valence-corrected chi connectivity index (χ1v) is 11.3. The Bertz CT molecular complexity index is 835. The Morgan fingerprint density at radius 2 is 2.04 bits per heavy atom. The van der Waals surface area contributed by atoms with E-state index in [4.69, 9.17) is 4.74 Å². The highest BCUT2D eigenvalue weighted by Crippen LogP contribution is 2.20. The number of nitrogens with zero attached hydrogens (tertiary/aromatic N) is 1. The molecule has 1 N–H and O–H groups in total. The Hall–Kier alpha value is -1.65. The number of hydrogen-bond acceptors (Lipinski definition) is 6. The molecule has 140 valence electrons. The first kappa shape index (κ1) is 19.7. The summed E-state index contributed by atoms with van der Waals surface area (Å²) in [5, 5.41) is 2.65. The summed E-state index contributed by atoms with van der Waals surface area (Å²) < 4.78 is 53.3. The fourth-order valence-corrected chi connectivity index (χ4v) is 5.66. The van der Waals surface area contributed by atoms with Crippen LogP contribution in [0.4, 0.5) is 0 Å². The average Bonchev–Trinajstić information content (AvgIpc) is 2.89. The quantitative estimate of drug-likeness (QED) is 0.688. The number of ether oxygens (including phenoxy) is 1. The van der Waals surface area contributed by atoms with Crippen molar-refractivity contribution in [1.82, 2.24) is 9.62 Å². The molecule has 1 heterocycles. The Labute approximate surface area is 148 Å². The molecule has 10 heteroatoms. The van der Waals surface area contributed by atoms with Crippen molar-refractivity contribution in [2.24, 2.45) is 0 Å². The second-order valence-electron chi connectivity index (χ2n) is 5.95. The van der Waals surface area contributed by atoms with E-state index in [1.54, 1.807) is 24.3 Å². The SMILES string of the molecule is COc1ccccc1CNC(=O)CN(C1CCS(=O)(=O)C1)S(C)(=O)=O. The van der Waals surface area contributed by atoms with Gasteiger partial charge in [-0.05, 0) is 12.5 Å². The summed E-state index contributed by atoms with van der Waals surface area (Å²) in [7, 11) is -5.44. The highest BCUT2D eigenvalue weighted by Gasteiger charge is 2.37. The number of hydrogen-bond donors (Lipinski definition) is 1. The normalized spacial score (nSPS) is 19.7. The number of carbonyl (C=O) groups excluding carboxylic acids is 1. The van der Waals surface area contributed by atoms with Crippen LogP contribution in [-0.4, -0.2) is 64.5 Å². The van der Waals surface area contributed by atoms with Gasteiger partial charge in [-0.2, -0.15) is 4.31 Å². The number of sulfonamides is 1. The summed E-state index contributed by atoms with van der Waals surface area (Å²) in [6.45, 7) is -0.225. The maximum atomic E-state index is 12.2. The van der Waals surface area contributed by atoms with Crippen molar-refractivity contribution in [3.05, 3.63) is 29.8 Å². The summed E-state index contributed by atoms with van der Waals surface area (Å²) in [6.07, 6.45) is 1.18. The molecule has 1 aliphatic rings. The van der Waals surface area contributed by atoms with Crippen LogP contribution in [0.2, 0.25) is 0 Å². The van der Waals surface area contributed by atoms with Crippen LogP contribution in [-0.2, 0) is 31.2 Å². The molecule has 1 unspecified atom stereocenters. The zero-order valence-corrected chi connectivity index (χ0v) is 15.8. The van der Waals surface area contributed by atoms with Crippen molar-refractivity contribution in [1.29, 1.82) is 0 Å². The second kappa shape index (κ2) is 7.71. The Morgan fingerprint density at radius 1 is 1.36 bits per heavy atom. The molecule has 1 saturated heterocycles. The molecule has 0 radical (unpaired) electrons. The van der Waals surface area contributed by atoms with Crippen molar-refractivity contribution in [2.75, 3.05) is 31.4 Å². The van der Waals surface area contributed by atoms with Gasteiger partial charge in [0.2, 0.25) is 15.9 Å². The maximum absolute atomic E-state index is 12.2. The van der Waals surface area contributed by atoms with Crippen molar-refractivity contribution in [3.63, 3.8) is 0 Å². The molecular weight excluding hydrogens is 368 g/mol. The number of benzene rings is 1. The molecule has 1 aromatic rings. The third-order valence-corrected chi connectivity index (χ3v) is 7.04. The molecule has 0 bridgehead atoms. The van der Waals surface area contributed by atoms with Crippen molar-refractivity contribution >= 4 is 25.8 Å². The van der Waals surface area contributed by atoms with Crippen LogP contribution in [0.5, 0.6) is 5.75 Å². The molecule has 1 aliphatic heterocycles. The monoisotopic (exact) mass is 390 g/mol. The molecule has 1 fully saturated rings. The number of methoxy groups -OCH3 is 1. The molecule has 0 saturated carbocycles. The van der Waals surface area contributed by atoms with Gasteiger partial charge in [0.15, 0.2) is 9.84 Å². The van der Waals surface area contributed by atoms with Crippen LogP contribution in [0, 0.1) is 0 Å². The molecule has 2 rings (SSSR count). The summed E-state index contributed by atoms with van der Waals surface area (Å²) >= 11 is 0. The van der Waals surface area contributed by atoms with Crippen LogP contribution in [0.1, 0.15) is 12.0 Å². The minimum atomic E-state index is -3.71. The summed E-state index contributed by atoms with van der Waals surface area (Å²) in [4.78, 5) is 12.2. The molecule has 8 nitrogen and oxygen atoms in total. The van der Waals surface area contributed by atoms with E-state index in [1.165, 1.54) is 7.11 Å². The van der Waals surface area contributed by atoms with E-state index < -0.39 is 38.4 Å². The van der Waals surface area contributed by atoms with E-state index in [9.17, 15) is 21.6 Å². The van der Waals surface area contributed by atoms with Gasteiger partial charge in [-0.1, -0.05) is 18.2 Å². The molecule has 1 aromatic carbocycles. The Kier molecular flexibility index (Phi) is 6.07. The third-order valence-electron chi connectivity index (χ3n) is 4.01. The molecule has 1 atom stereocenters. The van der Waals surface area contributed by atoms with E-state index >= 15 is 0 Å². The van der Waals surface area contributed by atoms with E-state index in [2.05, 4.69) is 5.32 Å². The minimum absolute atomic E-state index is 0.0630. The summed E-state index contributed by atoms with van der Waals surface area (Å²) in [6, 6.07) is 6.45. The first-order chi connectivity index (χ1) is 11.6. The number of carbonyl (C=O) groups is 1. The van der Waals surface area contributed by atoms with E-state index in [1.807, 2.05) is 0 Å². The van der Waals surface area contributed by atoms with Crippen molar-refractivity contribution in [3.8, 4) is 5.75 Å². The number of amides is 1. The predicted octanol–water partition coefficient (Wildman–Crippen LogP) is -0.240. The molecule has 1 amide bonds. The molecule has 0 aromatic heterocycles. The van der Waals surface area contributed by atoms with Gasteiger partial charge in [0, 0.05) is 18.2 Å². The standard InChI is InChI=1S/C15H22N2O6S2/c1-23-14-6-4-3-5-12(14)9-16-15(18)10-17(24(2,19)20)13-7-8-25(21,22)11-13/h3-6,13H,7-11H2,1-2H3,(H,16,18). The fraction of sp³-hybridized carbons (Fsp3) is 0.533. The van der Waals surface area contributed by atoms with Gasteiger partial charge in [0.1, 0.15) is 5.75 Å². The number of rotatable bonds is 7. The van der Waals surface area contributed by atoms with Crippen LogP contribution in [0.25, 0.3) is 0 Å². The Morgan fingerprint density at radius 3 is 2.60 bits per heavy atom. The van der Waals surface area contributed by atoms with Crippen LogP contribution < -0.4 is 10.1 Å². The van der Waals surface area contributed by atoms with Gasteiger partial charge >= 0.3 is 0 Å². The first-order valence-electron chi connectivity index (χ1n) is 7.68. The lowest BCUT2D eigenvalue weighted by atomic mass is 10.2. The molecular formula is C15H22N2O6S2. The van der Waals surface area contributed by atoms with Gasteiger partial charge in [0.05, 0.1) is 31.4 Å². The molecule has 0 spiro atoms. The third kappa shape index (κ3) is 5.41. The second-order valence-corrected chi connectivity index (χ2v) is 10.1. The smallest absolute Gasteiger partial charge is 0.235 e. The fourth-order valence-electron chi connectivity index (χ4n) is 2.76. The topological polar surface area (TPSA) is 110 Å². The molecule has 25 heavy (non-hydrogen) atoms. The van der Waals surface area contributed by atoms with E-state index in [-0.39, 0.29) is 24.5 Å². The van der Waals surface area contributed by atoms with Crippen molar-refractivity contribution in [2.45, 2.75) is 19.0 Å². The van der Waals surface area contributed by atoms with Crippen LogP contribution >= 0.6 is 0 Å². The highest BCUT2D eigenvalue weighted by molar-refractivity contribution is 7.92. The van der Waals surface area contributed by atoms with E-state index in [0.717, 1.165) is 16.1 Å². The summed E-state index contributed by atoms with van der Waals surface area (Å²) in [5.41, 5.74) is 0.757. The van der Waals surface area contributed by atoms with Crippen LogP contribution in [0.3, 0.4) is 0 Å². The highest BCUT2D eigenvalue weighted by atomic mass is 32.2. The van der Waals surface area contributed by atoms with Gasteiger partial charge < -0.3 is 10.1 Å². The molecule has 0 aliphatic carbocycles. The number of sulfone groups is 1. The lowest BCUT2D eigenvalue weighted by Crippen LogP contribution is -2.46. The average molecular weight is 390 g/mol. The van der Waals surface area contributed by atoms with Gasteiger partial charge in [-0.3, -0.25) is 4.79 Å². The minimum Gasteiger partial charge on any atom is -0.496 e. The maximum Gasteiger partial charge on any atom is 0.235 e. The van der Waals surface area contributed by atoms with Gasteiger partial charge in [-0.15, -0.1) is 0 Å². The van der Waals surface area contributed by atoms with E-state index in [0.29, 0.717) is 5.75 Å². The number of nitrogens with one attached hydrogen (secondary N) is 1. The zero-order chi connectivity index (χ0) is 18.7.